The predicted molar refractivity (Wildman–Crippen MR) is 46.0 cm³/mol. The smallest absolute Gasteiger partial charge is 0.316 e. The maximum Gasteiger partial charge on any atom is 0.316 e. The van der Waals surface area contributed by atoms with Crippen LogP contribution in [0.15, 0.2) is 6.20 Å². The summed E-state index contributed by atoms with van der Waals surface area (Å²) in [5.74, 6) is 0. The van der Waals surface area contributed by atoms with Crippen LogP contribution in [0, 0.1) is 10.5 Å². The highest BCUT2D eigenvalue weighted by Crippen LogP contribution is 2.09. The number of nitrogens with zero attached hydrogens (tertiary/aromatic N) is 2. The number of halogens is 1. The molecule has 0 aliphatic rings. The van der Waals surface area contributed by atoms with E-state index in [1.165, 1.54) is 0 Å². The van der Waals surface area contributed by atoms with Crippen molar-refractivity contribution in [1.29, 1.82) is 0 Å². The van der Waals surface area contributed by atoms with E-state index < -0.39 is 0 Å². The fourth-order valence-electron chi connectivity index (χ4n) is 0.529. The quantitative estimate of drug-likeness (QED) is 0.706. The van der Waals surface area contributed by atoms with Crippen LogP contribution in [0.2, 0.25) is 0 Å². The molecular formula is C6H7IN2O. The first-order chi connectivity index (χ1) is 4.74. The van der Waals surface area contributed by atoms with Gasteiger partial charge in [0.15, 0.2) is 0 Å². The Morgan fingerprint density at radius 3 is 2.80 bits per heavy atom. The molecule has 0 aliphatic heterocycles. The highest BCUT2D eigenvalue weighted by Gasteiger charge is 1.97. The van der Waals surface area contributed by atoms with E-state index in [9.17, 15) is 0 Å². The van der Waals surface area contributed by atoms with Crippen molar-refractivity contribution >= 4 is 22.6 Å². The summed E-state index contributed by atoms with van der Waals surface area (Å²) in [7, 11) is 1.56. The molecular weight excluding hydrogens is 243 g/mol. The minimum Gasteiger partial charge on any atom is -0.467 e. The molecule has 0 fully saturated rings. The van der Waals surface area contributed by atoms with Gasteiger partial charge in [-0.3, -0.25) is 0 Å². The number of ether oxygens (including phenoxy) is 1. The van der Waals surface area contributed by atoms with Gasteiger partial charge in [0.2, 0.25) is 0 Å². The van der Waals surface area contributed by atoms with Gasteiger partial charge in [0, 0.05) is 6.20 Å². The van der Waals surface area contributed by atoms with Gasteiger partial charge >= 0.3 is 6.01 Å². The Balaban J connectivity index is 3.04. The molecule has 1 aromatic heterocycles. The zero-order valence-electron chi connectivity index (χ0n) is 5.76. The van der Waals surface area contributed by atoms with Gasteiger partial charge in [0.25, 0.3) is 0 Å². The van der Waals surface area contributed by atoms with E-state index in [2.05, 4.69) is 32.6 Å². The lowest BCUT2D eigenvalue weighted by molar-refractivity contribution is 0.378. The van der Waals surface area contributed by atoms with Crippen molar-refractivity contribution < 1.29 is 4.74 Å². The summed E-state index contributed by atoms with van der Waals surface area (Å²) in [6.07, 6.45) is 1.74. The maximum absolute atomic E-state index is 4.82. The zero-order valence-corrected chi connectivity index (χ0v) is 7.92. The van der Waals surface area contributed by atoms with Gasteiger partial charge in [-0.2, -0.15) is 4.98 Å². The van der Waals surface area contributed by atoms with Crippen LogP contribution >= 0.6 is 22.6 Å². The second-order valence-electron chi connectivity index (χ2n) is 1.79. The van der Waals surface area contributed by atoms with Gasteiger partial charge in [-0.05, 0) is 29.5 Å². The molecule has 1 aromatic rings. The van der Waals surface area contributed by atoms with Crippen LogP contribution in [-0.2, 0) is 0 Å². The highest BCUT2D eigenvalue weighted by molar-refractivity contribution is 14.1. The Bertz CT molecular complexity index is 239. The number of methoxy groups -OCH3 is 1. The van der Waals surface area contributed by atoms with Gasteiger partial charge in [0.1, 0.15) is 0 Å². The molecule has 10 heavy (non-hydrogen) atoms. The summed E-state index contributed by atoms with van der Waals surface area (Å²) >= 11 is 2.18. The fourth-order valence-corrected chi connectivity index (χ4v) is 0.789. The summed E-state index contributed by atoms with van der Waals surface area (Å²) in [5.41, 5.74) is 0.951. The molecule has 1 heterocycles. The second kappa shape index (κ2) is 3.14. The molecule has 0 bridgehead atoms. The van der Waals surface area contributed by atoms with Crippen LogP contribution in [-0.4, -0.2) is 17.1 Å². The summed E-state index contributed by atoms with van der Waals surface area (Å²) < 4.78 is 5.88. The average Bonchev–Trinajstić information content (AvgIpc) is 1.95. The SMILES string of the molecule is COc1ncc(I)c(C)n1. The Morgan fingerprint density at radius 1 is 1.60 bits per heavy atom. The molecule has 4 heteroatoms. The molecule has 0 N–H and O–H groups in total. The Kier molecular flexibility index (Phi) is 2.42. The topological polar surface area (TPSA) is 35.0 Å². The summed E-state index contributed by atoms with van der Waals surface area (Å²) in [6.45, 7) is 1.92. The van der Waals surface area contributed by atoms with Crippen LogP contribution in [0.3, 0.4) is 0 Å². The number of aryl methyl sites for hydroxylation is 1. The van der Waals surface area contributed by atoms with Crippen LogP contribution < -0.4 is 4.74 Å². The van der Waals surface area contributed by atoms with E-state index >= 15 is 0 Å². The highest BCUT2D eigenvalue weighted by atomic mass is 127. The third kappa shape index (κ3) is 1.56. The first-order valence-electron chi connectivity index (χ1n) is 2.77. The average molecular weight is 250 g/mol. The molecule has 0 saturated heterocycles. The summed E-state index contributed by atoms with van der Waals surface area (Å²) in [4.78, 5) is 7.97. The van der Waals surface area contributed by atoms with Crippen molar-refractivity contribution in [1.82, 2.24) is 9.97 Å². The van der Waals surface area contributed by atoms with Crippen LogP contribution in [0.4, 0.5) is 0 Å². The molecule has 0 aromatic carbocycles. The van der Waals surface area contributed by atoms with Crippen molar-refractivity contribution in [2.45, 2.75) is 6.92 Å². The van der Waals surface area contributed by atoms with Crippen LogP contribution in [0.1, 0.15) is 5.69 Å². The third-order valence-corrected chi connectivity index (χ3v) is 2.14. The molecule has 0 unspecified atom stereocenters. The van der Waals surface area contributed by atoms with E-state index in [-0.39, 0.29) is 0 Å². The summed E-state index contributed by atoms with van der Waals surface area (Å²) in [5, 5.41) is 0. The lowest BCUT2D eigenvalue weighted by Crippen LogP contribution is -1.94. The molecule has 0 saturated carbocycles. The van der Waals surface area contributed by atoms with Crippen molar-refractivity contribution in [3.8, 4) is 6.01 Å². The minimum atomic E-state index is 0.429. The van der Waals surface area contributed by atoms with E-state index in [1.807, 2.05) is 6.92 Å². The molecule has 0 atom stereocenters. The van der Waals surface area contributed by atoms with Crippen LogP contribution in [0.25, 0.3) is 0 Å². The number of aromatic nitrogens is 2. The van der Waals surface area contributed by atoms with Crippen LogP contribution in [0.5, 0.6) is 6.01 Å². The second-order valence-corrected chi connectivity index (χ2v) is 2.95. The van der Waals surface area contributed by atoms with E-state index in [1.54, 1.807) is 13.3 Å². The summed E-state index contributed by atoms with van der Waals surface area (Å²) in [6, 6.07) is 0.429. The molecule has 3 nitrogen and oxygen atoms in total. The molecule has 0 radical (unpaired) electrons. The van der Waals surface area contributed by atoms with Crippen molar-refractivity contribution in [3.05, 3.63) is 15.5 Å². The number of hydrogen-bond donors (Lipinski definition) is 0. The molecule has 0 amide bonds. The van der Waals surface area contributed by atoms with Gasteiger partial charge in [0.05, 0.1) is 16.4 Å². The van der Waals surface area contributed by atoms with Crippen molar-refractivity contribution in [2.75, 3.05) is 7.11 Å². The van der Waals surface area contributed by atoms with Crippen molar-refractivity contribution in [3.63, 3.8) is 0 Å². The van der Waals surface area contributed by atoms with Gasteiger partial charge < -0.3 is 4.74 Å². The first-order valence-corrected chi connectivity index (χ1v) is 3.85. The normalized spacial score (nSPS) is 9.50. The molecule has 54 valence electrons. The first kappa shape index (κ1) is 7.71. The van der Waals surface area contributed by atoms with Crippen molar-refractivity contribution in [2.24, 2.45) is 0 Å². The van der Waals surface area contributed by atoms with Gasteiger partial charge in [-0.25, -0.2) is 4.98 Å². The minimum absolute atomic E-state index is 0.429. The monoisotopic (exact) mass is 250 g/mol. The largest absolute Gasteiger partial charge is 0.467 e. The lowest BCUT2D eigenvalue weighted by atomic mass is 10.5. The predicted octanol–water partition coefficient (Wildman–Crippen LogP) is 1.40. The Labute approximate surface area is 73.0 Å². The molecule has 0 spiro atoms. The number of hydrogen-bond acceptors (Lipinski definition) is 3. The Morgan fingerprint density at radius 2 is 2.30 bits per heavy atom. The Hall–Kier alpha value is -0.390. The lowest BCUT2D eigenvalue weighted by Gasteiger charge is -1.98. The van der Waals surface area contributed by atoms with E-state index in [0.717, 1.165) is 9.26 Å². The number of rotatable bonds is 1. The standard InChI is InChI=1S/C6H7IN2O/c1-4-5(7)3-8-6(9-4)10-2/h3H,1-2H3. The van der Waals surface area contributed by atoms with E-state index in [4.69, 9.17) is 4.74 Å². The fraction of sp³-hybridized carbons (Fsp3) is 0.333. The third-order valence-electron chi connectivity index (χ3n) is 1.08. The zero-order chi connectivity index (χ0) is 7.56. The maximum atomic E-state index is 4.82. The van der Waals surface area contributed by atoms with E-state index in [0.29, 0.717) is 6.01 Å². The molecule has 1 rings (SSSR count). The van der Waals surface area contributed by atoms with Gasteiger partial charge in [-0.1, -0.05) is 0 Å². The molecule has 0 aliphatic carbocycles. The van der Waals surface area contributed by atoms with Gasteiger partial charge in [-0.15, -0.1) is 0 Å².